The first-order valence-corrected chi connectivity index (χ1v) is 12.4. The molecule has 3 N–H and O–H groups in total. The van der Waals surface area contributed by atoms with Crippen molar-refractivity contribution < 1.29 is 18.7 Å². The van der Waals surface area contributed by atoms with Crippen LogP contribution in [0, 0.1) is 5.82 Å². The fourth-order valence-corrected chi connectivity index (χ4v) is 4.15. The molecule has 200 valence electrons. The third-order valence-electron chi connectivity index (χ3n) is 5.80. The molecule has 4 rings (SSSR count). The molecule has 8 nitrogen and oxygen atoms in total. The number of amides is 2. The summed E-state index contributed by atoms with van der Waals surface area (Å²) in [6.07, 6.45) is -0.759. The second-order valence-electron chi connectivity index (χ2n) is 9.91. The zero-order valence-corrected chi connectivity index (χ0v) is 21.8. The van der Waals surface area contributed by atoms with Crippen molar-refractivity contribution in [2.24, 2.45) is 0 Å². The summed E-state index contributed by atoms with van der Waals surface area (Å²) in [5, 5.41) is 11.6. The summed E-state index contributed by atoms with van der Waals surface area (Å²) in [5.74, 6) is -1.78. The Morgan fingerprint density at radius 2 is 1.51 bits per heavy atom. The summed E-state index contributed by atoms with van der Waals surface area (Å²) in [5.41, 5.74) is 0.979. The van der Waals surface area contributed by atoms with E-state index in [9.17, 15) is 18.8 Å². The monoisotopic (exact) mass is 528 g/mol. The zero-order valence-electron chi connectivity index (χ0n) is 21.8. The number of hydrogen-bond donors (Lipinski definition) is 3. The maximum absolute atomic E-state index is 15.0. The summed E-state index contributed by atoms with van der Waals surface area (Å²) in [6, 6.07) is 24.3. The van der Waals surface area contributed by atoms with Gasteiger partial charge in [0.15, 0.2) is 0 Å². The standard InChI is InChI=1S/C30H29FN4O4/c1-30(2,3)39-29(38)33-27(26(19-10-6-4-7-11-19)20-12-8-5-9-13-20)28(37)32-21-14-15-22(23(31)18-21)24-16-17-25(36)35-34-24/h4-18,26-27H,1-3H3,(H,32,37)(H,33,38)(H,35,36)/t27-/m0/s1. The second-order valence-corrected chi connectivity index (χ2v) is 9.91. The van der Waals surface area contributed by atoms with E-state index < -0.39 is 40.9 Å². The average Bonchev–Trinajstić information content (AvgIpc) is 2.89. The summed E-state index contributed by atoms with van der Waals surface area (Å²) in [4.78, 5) is 37.9. The van der Waals surface area contributed by atoms with Crippen molar-refractivity contribution in [1.82, 2.24) is 15.5 Å². The third-order valence-corrected chi connectivity index (χ3v) is 5.80. The maximum Gasteiger partial charge on any atom is 0.408 e. The third kappa shape index (κ3) is 7.16. The van der Waals surface area contributed by atoms with Gasteiger partial charge in [-0.3, -0.25) is 9.59 Å². The van der Waals surface area contributed by atoms with Crippen LogP contribution in [0.25, 0.3) is 11.3 Å². The molecule has 0 fully saturated rings. The van der Waals surface area contributed by atoms with Crippen LogP contribution in [-0.2, 0) is 9.53 Å². The van der Waals surface area contributed by atoms with Crippen LogP contribution in [-0.4, -0.2) is 33.8 Å². The smallest absolute Gasteiger partial charge is 0.408 e. The van der Waals surface area contributed by atoms with Crippen molar-refractivity contribution >= 4 is 17.7 Å². The topological polar surface area (TPSA) is 113 Å². The Bertz CT molecular complexity index is 1440. The van der Waals surface area contributed by atoms with Gasteiger partial charge in [-0.1, -0.05) is 60.7 Å². The van der Waals surface area contributed by atoms with Crippen LogP contribution in [0.15, 0.2) is 95.8 Å². The predicted octanol–water partition coefficient (Wildman–Crippen LogP) is 5.24. The van der Waals surface area contributed by atoms with Crippen LogP contribution in [0.4, 0.5) is 14.9 Å². The molecule has 1 heterocycles. The number of aromatic nitrogens is 2. The Morgan fingerprint density at radius 1 is 0.897 bits per heavy atom. The van der Waals surface area contributed by atoms with E-state index in [4.69, 9.17) is 4.74 Å². The van der Waals surface area contributed by atoms with E-state index in [1.807, 2.05) is 60.7 Å². The van der Waals surface area contributed by atoms with Crippen molar-refractivity contribution in [1.29, 1.82) is 0 Å². The number of aromatic amines is 1. The van der Waals surface area contributed by atoms with Gasteiger partial charge in [0, 0.05) is 23.2 Å². The molecule has 0 bridgehead atoms. The lowest BCUT2D eigenvalue weighted by molar-refractivity contribution is -0.118. The van der Waals surface area contributed by atoms with Gasteiger partial charge in [0.05, 0.1) is 5.69 Å². The van der Waals surface area contributed by atoms with Crippen LogP contribution >= 0.6 is 0 Å². The maximum atomic E-state index is 15.0. The molecule has 0 aliphatic carbocycles. The Balaban J connectivity index is 1.68. The fourth-order valence-electron chi connectivity index (χ4n) is 4.15. The lowest BCUT2D eigenvalue weighted by Crippen LogP contribution is -2.49. The molecule has 1 atom stereocenters. The van der Waals surface area contributed by atoms with Gasteiger partial charge in [-0.15, -0.1) is 0 Å². The molecule has 0 aliphatic rings. The number of nitrogens with zero attached hydrogens (tertiary/aromatic N) is 1. The van der Waals surface area contributed by atoms with Crippen LogP contribution < -0.4 is 16.2 Å². The van der Waals surface area contributed by atoms with Crippen molar-refractivity contribution in [3.05, 3.63) is 118 Å². The SMILES string of the molecule is CC(C)(C)OC(=O)N[C@H](C(=O)Nc1ccc(-c2ccc(=O)[nH]n2)c(F)c1)C(c1ccccc1)c1ccccc1. The molecule has 39 heavy (non-hydrogen) atoms. The summed E-state index contributed by atoms with van der Waals surface area (Å²) < 4.78 is 20.5. The number of anilines is 1. The van der Waals surface area contributed by atoms with E-state index in [-0.39, 0.29) is 16.9 Å². The molecular weight excluding hydrogens is 499 g/mol. The Labute approximate surface area is 225 Å². The van der Waals surface area contributed by atoms with Gasteiger partial charge in [0.1, 0.15) is 17.5 Å². The van der Waals surface area contributed by atoms with Gasteiger partial charge in [-0.25, -0.2) is 14.3 Å². The Kier molecular flexibility index (Phi) is 8.19. The molecule has 0 spiro atoms. The lowest BCUT2D eigenvalue weighted by atomic mass is 9.84. The minimum absolute atomic E-state index is 0.152. The van der Waals surface area contributed by atoms with Gasteiger partial charge >= 0.3 is 6.09 Å². The number of rotatable bonds is 7. The largest absolute Gasteiger partial charge is 0.444 e. The minimum atomic E-state index is -1.10. The number of H-pyrrole nitrogens is 1. The fraction of sp³-hybridized carbons (Fsp3) is 0.200. The van der Waals surface area contributed by atoms with E-state index in [0.717, 1.165) is 17.2 Å². The number of ether oxygens (including phenoxy) is 1. The molecule has 0 saturated heterocycles. The highest BCUT2D eigenvalue weighted by molar-refractivity contribution is 5.98. The molecule has 0 aliphatic heterocycles. The second kappa shape index (κ2) is 11.7. The molecule has 0 radical (unpaired) electrons. The highest BCUT2D eigenvalue weighted by atomic mass is 19.1. The Hall–Kier alpha value is -4.79. The van der Waals surface area contributed by atoms with Crippen molar-refractivity contribution in [3.8, 4) is 11.3 Å². The summed E-state index contributed by atoms with van der Waals surface area (Å²) in [7, 11) is 0. The predicted molar refractivity (Wildman–Crippen MR) is 147 cm³/mol. The van der Waals surface area contributed by atoms with Crippen molar-refractivity contribution in [3.63, 3.8) is 0 Å². The molecule has 9 heteroatoms. The van der Waals surface area contributed by atoms with Gasteiger partial charge in [-0.2, -0.15) is 5.10 Å². The summed E-state index contributed by atoms with van der Waals surface area (Å²) in [6.45, 7) is 5.19. The quantitative estimate of drug-likeness (QED) is 0.304. The van der Waals surface area contributed by atoms with E-state index in [1.54, 1.807) is 20.8 Å². The molecule has 1 aromatic heterocycles. The first-order chi connectivity index (χ1) is 18.6. The van der Waals surface area contributed by atoms with E-state index >= 15 is 0 Å². The van der Waals surface area contributed by atoms with E-state index in [1.165, 1.54) is 24.3 Å². The van der Waals surface area contributed by atoms with Crippen LogP contribution in [0.2, 0.25) is 0 Å². The molecule has 2 amide bonds. The Morgan fingerprint density at radius 3 is 2.03 bits per heavy atom. The molecule has 0 saturated carbocycles. The first kappa shape index (κ1) is 27.3. The van der Waals surface area contributed by atoms with Gasteiger partial charge in [0.25, 0.3) is 5.56 Å². The first-order valence-electron chi connectivity index (χ1n) is 12.4. The van der Waals surface area contributed by atoms with E-state index in [2.05, 4.69) is 20.8 Å². The number of benzene rings is 3. The van der Waals surface area contributed by atoms with Gasteiger partial charge in [-0.05, 0) is 56.2 Å². The average molecular weight is 529 g/mol. The number of hydrogen-bond acceptors (Lipinski definition) is 5. The molecule has 3 aromatic carbocycles. The highest BCUT2D eigenvalue weighted by Gasteiger charge is 2.34. The van der Waals surface area contributed by atoms with Crippen molar-refractivity contribution in [2.45, 2.75) is 38.3 Å². The van der Waals surface area contributed by atoms with Gasteiger partial charge < -0.3 is 15.4 Å². The zero-order chi connectivity index (χ0) is 28.0. The van der Waals surface area contributed by atoms with Crippen LogP contribution in [0.1, 0.15) is 37.8 Å². The number of halogens is 1. The lowest BCUT2D eigenvalue weighted by Gasteiger charge is -2.29. The normalized spacial score (nSPS) is 12.0. The van der Waals surface area contributed by atoms with Gasteiger partial charge in [0.2, 0.25) is 5.91 Å². The van der Waals surface area contributed by atoms with Crippen LogP contribution in [0.3, 0.4) is 0 Å². The number of nitrogens with one attached hydrogen (secondary N) is 3. The number of carbonyl (C=O) groups excluding carboxylic acids is 2. The molecular formula is C30H29FN4O4. The summed E-state index contributed by atoms with van der Waals surface area (Å²) >= 11 is 0. The van der Waals surface area contributed by atoms with E-state index in [0.29, 0.717) is 0 Å². The number of carbonyl (C=O) groups is 2. The number of alkyl carbamates (subject to hydrolysis) is 1. The molecule has 0 unspecified atom stereocenters. The van der Waals surface area contributed by atoms with Crippen molar-refractivity contribution in [2.75, 3.05) is 5.32 Å². The molecule has 4 aromatic rings. The highest BCUT2D eigenvalue weighted by Crippen LogP contribution is 2.30. The minimum Gasteiger partial charge on any atom is -0.444 e. The van der Waals surface area contributed by atoms with Crippen LogP contribution in [0.5, 0.6) is 0 Å².